The molecule has 0 spiro atoms. The highest BCUT2D eigenvalue weighted by Crippen LogP contribution is 2.26. The molecule has 6 heteroatoms. The lowest BCUT2D eigenvalue weighted by atomic mass is 9.86. The van der Waals surface area contributed by atoms with E-state index in [1.807, 2.05) is 31.2 Å². The van der Waals surface area contributed by atoms with E-state index in [1.165, 1.54) is 31.0 Å². The summed E-state index contributed by atoms with van der Waals surface area (Å²) in [6, 6.07) is 8.18. The van der Waals surface area contributed by atoms with Crippen molar-refractivity contribution in [1.82, 2.24) is 15.5 Å². The van der Waals surface area contributed by atoms with Gasteiger partial charge in [0.2, 0.25) is 11.8 Å². The molecule has 1 fully saturated rings. The van der Waals surface area contributed by atoms with E-state index in [0.29, 0.717) is 28.8 Å². The molecule has 1 aromatic carbocycles. The summed E-state index contributed by atoms with van der Waals surface area (Å²) < 4.78 is 5.67. The number of nitrogens with one attached hydrogen (secondary N) is 1. The van der Waals surface area contributed by atoms with Crippen molar-refractivity contribution >= 4 is 17.7 Å². The Bertz CT molecular complexity index is 701. The van der Waals surface area contributed by atoms with Crippen molar-refractivity contribution in [2.24, 2.45) is 5.92 Å². The van der Waals surface area contributed by atoms with Crippen LogP contribution in [0.15, 0.2) is 33.9 Å². The Morgan fingerprint density at radius 3 is 2.88 bits per heavy atom. The summed E-state index contributed by atoms with van der Waals surface area (Å²) in [5, 5.41) is 11.7. The smallest absolute Gasteiger partial charge is 0.277 e. The van der Waals surface area contributed by atoms with Crippen molar-refractivity contribution in [2.75, 3.05) is 5.75 Å². The number of aryl methyl sites for hydroxylation is 1. The molecular formula is C18H23N3O2S. The zero-order valence-electron chi connectivity index (χ0n) is 14.1. The maximum Gasteiger partial charge on any atom is 0.277 e. The minimum absolute atomic E-state index is 0.0365. The van der Waals surface area contributed by atoms with Crippen LogP contribution in [0.2, 0.25) is 0 Å². The number of hydrogen-bond acceptors (Lipinski definition) is 5. The van der Waals surface area contributed by atoms with Crippen LogP contribution in [0.5, 0.6) is 0 Å². The molecule has 0 saturated heterocycles. The molecule has 1 heterocycles. The molecule has 2 atom stereocenters. The fraction of sp³-hybridized carbons (Fsp3) is 0.500. The van der Waals surface area contributed by atoms with Gasteiger partial charge in [-0.3, -0.25) is 4.79 Å². The summed E-state index contributed by atoms with van der Waals surface area (Å²) in [6.45, 7) is 4.22. The van der Waals surface area contributed by atoms with Gasteiger partial charge >= 0.3 is 0 Å². The second-order valence-electron chi connectivity index (χ2n) is 6.41. The van der Waals surface area contributed by atoms with E-state index in [4.69, 9.17) is 4.42 Å². The molecule has 5 nitrogen and oxygen atoms in total. The molecule has 1 aliphatic rings. The Hall–Kier alpha value is -1.82. The molecule has 1 saturated carbocycles. The Kier molecular flexibility index (Phi) is 5.56. The lowest BCUT2D eigenvalue weighted by Gasteiger charge is -2.29. The Balaban J connectivity index is 1.54. The van der Waals surface area contributed by atoms with Crippen molar-refractivity contribution in [1.29, 1.82) is 0 Å². The van der Waals surface area contributed by atoms with Gasteiger partial charge in [-0.25, -0.2) is 0 Å². The first kappa shape index (κ1) is 17.0. The van der Waals surface area contributed by atoms with Gasteiger partial charge in [-0.2, -0.15) is 0 Å². The topological polar surface area (TPSA) is 68.0 Å². The fourth-order valence-corrected chi connectivity index (χ4v) is 3.67. The molecular weight excluding hydrogens is 322 g/mol. The van der Waals surface area contributed by atoms with Gasteiger partial charge in [0, 0.05) is 11.6 Å². The van der Waals surface area contributed by atoms with Gasteiger partial charge in [-0.05, 0) is 37.3 Å². The van der Waals surface area contributed by atoms with Crippen LogP contribution in [-0.4, -0.2) is 27.9 Å². The zero-order chi connectivity index (χ0) is 16.9. The van der Waals surface area contributed by atoms with E-state index >= 15 is 0 Å². The summed E-state index contributed by atoms with van der Waals surface area (Å²) in [5.41, 5.74) is 2.01. The average molecular weight is 345 g/mol. The second-order valence-corrected chi connectivity index (χ2v) is 7.34. The van der Waals surface area contributed by atoms with E-state index < -0.39 is 0 Å². The van der Waals surface area contributed by atoms with Crippen LogP contribution < -0.4 is 5.32 Å². The highest BCUT2D eigenvalue weighted by atomic mass is 32.2. The molecule has 0 radical (unpaired) electrons. The number of hydrogen-bond donors (Lipinski definition) is 1. The molecule has 1 aromatic heterocycles. The number of nitrogens with zero attached hydrogens (tertiary/aromatic N) is 2. The van der Waals surface area contributed by atoms with E-state index in [9.17, 15) is 4.79 Å². The highest BCUT2D eigenvalue weighted by Gasteiger charge is 2.23. The van der Waals surface area contributed by atoms with E-state index in [2.05, 4.69) is 22.4 Å². The lowest BCUT2D eigenvalue weighted by Crippen LogP contribution is -2.41. The average Bonchev–Trinajstić information content (AvgIpc) is 3.04. The number of aromatic nitrogens is 2. The number of benzene rings is 1. The lowest BCUT2D eigenvalue weighted by molar-refractivity contribution is -0.119. The molecule has 0 bridgehead atoms. The summed E-state index contributed by atoms with van der Waals surface area (Å²) in [5.74, 6) is 1.40. The first-order valence-electron chi connectivity index (χ1n) is 8.45. The third-order valence-electron chi connectivity index (χ3n) is 4.57. The maximum absolute atomic E-state index is 12.1. The third kappa shape index (κ3) is 4.17. The number of thioether (sulfide) groups is 1. The first-order chi connectivity index (χ1) is 11.6. The quantitative estimate of drug-likeness (QED) is 0.834. The normalized spacial score (nSPS) is 20.8. The zero-order valence-corrected chi connectivity index (χ0v) is 14.9. The Morgan fingerprint density at radius 1 is 1.29 bits per heavy atom. The Labute approximate surface area is 146 Å². The number of carbonyl (C=O) groups is 1. The Morgan fingerprint density at radius 2 is 2.08 bits per heavy atom. The maximum atomic E-state index is 12.1. The summed E-state index contributed by atoms with van der Waals surface area (Å²) >= 11 is 1.29. The molecule has 128 valence electrons. The van der Waals surface area contributed by atoms with Crippen LogP contribution >= 0.6 is 11.8 Å². The second kappa shape index (κ2) is 7.83. The molecule has 1 N–H and O–H groups in total. The van der Waals surface area contributed by atoms with Gasteiger partial charge in [0.1, 0.15) is 0 Å². The minimum Gasteiger partial charge on any atom is -0.411 e. The van der Waals surface area contributed by atoms with Gasteiger partial charge in [0.05, 0.1) is 5.75 Å². The summed E-state index contributed by atoms with van der Waals surface area (Å²) in [7, 11) is 0. The molecule has 0 aliphatic heterocycles. The van der Waals surface area contributed by atoms with Crippen molar-refractivity contribution in [3.05, 3.63) is 29.8 Å². The summed E-state index contributed by atoms with van der Waals surface area (Å²) in [4.78, 5) is 12.1. The van der Waals surface area contributed by atoms with Gasteiger partial charge < -0.3 is 9.73 Å². The highest BCUT2D eigenvalue weighted by molar-refractivity contribution is 7.99. The van der Waals surface area contributed by atoms with Crippen LogP contribution in [0.3, 0.4) is 0 Å². The summed E-state index contributed by atoms with van der Waals surface area (Å²) in [6.07, 6.45) is 4.74. The van der Waals surface area contributed by atoms with Gasteiger partial charge in [0.15, 0.2) is 0 Å². The number of rotatable bonds is 5. The van der Waals surface area contributed by atoms with E-state index in [1.54, 1.807) is 0 Å². The standard InChI is InChI=1S/C18H23N3O2S/c1-12-7-3-5-9-14(12)17-20-21-18(23-17)24-11-16(22)19-15-10-6-4-8-13(15)2/h3,5,7,9,13,15H,4,6,8,10-11H2,1-2H3,(H,19,22)/t13-,15-/m1/s1. The molecule has 2 aromatic rings. The molecule has 1 amide bonds. The SMILES string of the molecule is Cc1ccccc1-c1nnc(SCC(=O)N[C@@H]2CCCC[C@H]2C)o1. The van der Waals surface area contributed by atoms with Crippen LogP contribution in [0.25, 0.3) is 11.5 Å². The van der Waals surface area contributed by atoms with Crippen LogP contribution in [0.4, 0.5) is 0 Å². The molecule has 1 aliphatic carbocycles. The molecule has 24 heavy (non-hydrogen) atoms. The predicted octanol–water partition coefficient (Wildman–Crippen LogP) is 3.83. The van der Waals surface area contributed by atoms with Gasteiger partial charge in [-0.15, -0.1) is 10.2 Å². The van der Waals surface area contributed by atoms with Crippen molar-refractivity contribution in [3.63, 3.8) is 0 Å². The van der Waals surface area contributed by atoms with E-state index in [0.717, 1.165) is 17.5 Å². The fourth-order valence-electron chi connectivity index (χ4n) is 3.10. The number of carbonyl (C=O) groups excluding carboxylic acids is 1. The largest absolute Gasteiger partial charge is 0.411 e. The van der Waals surface area contributed by atoms with Crippen LogP contribution in [0.1, 0.15) is 38.2 Å². The van der Waals surface area contributed by atoms with Gasteiger partial charge in [-0.1, -0.05) is 49.7 Å². The molecule has 3 rings (SSSR count). The predicted molar refractivity (Wildman–Crippen MR) is 94.8 cm³/mol. The minimum atomic E-state index is 0.0365. The monoisotopic (exact) mass is 345 g/mol. The van der Waals surface area contributed by atoms with Crippen molar-refractivity contribution in [3.8, 4) is 11.5 Å². The van der Waals surface area contributed by atoms with Crippen molar-refractivity contribution in [2.45, 2.75) is 50.8 Å². The van der Waals surface area contributed by atoms with Crippen molar-refractivity contribution < 1.29 is 9.21 Å². The first-order valence-corrected chi connectivity index (χ1v) is 9.43. The van der Waals surface area contributed by atoms with E-state index in [-0.39, 0.29) is 5.91 Å². The van der Waals surface area contributed by atoms with Gasteiger partial charge in [0.25, 0.3) is 5.22 Å². The third-order valence-corrected chi connectivity index (χ3v) is 5.38. The van der Waals surface area contributed by atoms with Crippen LogP contribution in [0, 0.1) is 12.8 Å². The van der Waals surface area contributed by atoms with Crippen LogP contribution in [-0.2, 0) is 4.79 Å². The number of amides is 1. The molecule has 0 unspecified atom stereocenters.